The van der Waals surface area contributed by atoms with Gasteiger partial charge >= 0.3 is 0 Å². The van der Waals surface area contributed by atoms with E-state index in [1.165, 1.54) is 5.56 Å². The van der Waals surface area contributed by atoms with Crippen molar-refractivity contribution in [1.82, 2.24) is 0 Å². The quantitative estimate of drug-likeness (QED) is 0.594. The second-order valence-corrected chi connectivity index (χ2v) is 4.90. The van der Waals surface area contributed by atoms with Crippen LogP contribution < -0.4 is 4.74 Å². The van der Waals surface area contributed by atoms with Crippen LogP contribution in [0.4, 0.5) is 0 Å². The number of ether oxygens (including phenoxy) is 1. The maximum absolute atomic E-state index is 10.5. The fourth-order valence-electron chi connectivity index (χ4n) is 2.43. The van der Waals surface area contributed by atoms with Crippen molar-refractivity contribution >= 4 is 0 Å². The van der Waals surface area contributed by atoms with E-state index in [1.54, 1.807) is 7.11 Å². The van der Waals surface area contributed by atoms with Gasteiger partial charge in [-0.25, -0.2) is 0 Å². The van der Waals surface area contributed by atoms with Crippen LogP contribution in [0, 0.1) is 22.0 Å². The van der Waals surface area contributed by atoms with Gasteiger partial charge in [0, 0.05) is 10.3 Å². The van der Waals surface area contributed by atoms with Crippen molar-refractivity contribution in [3.05, 3.63) is 46.4 Å². The smallest absolute Gasteiger partial charge is 0.209 e. The number of nitrogens with zero attached hydrogens (tertiary/aromatic N) is 1. The molecule has 17 heavy (non-hydrogen) atoms. The van der Waals surface area contributed by atoms with E-state index in [9.17, 15) is 10.1 Å². The molecule has 1 radical (unpaired) electrons. The first-order valence-corrected chi connectivity index (χ1v) is 5.64. The van der Waals surface area contributed by atoms with E-state index in [-0.39, 0.29) is 16.9 Å². The molecule has 1 fully saturated rings. The Balaban J connectivity index is 1.96. The lowest BCUT2D eigenvalue weighted by Crippen LogP contribution is -2.39. The largest absolute Gasteiger partial charge is 0.497 e. The summed E-state index contributed by atoms with van der Waals surface area (Å²) in [5.41, 5.74) is 0.959. The molecule has 0 bridgehead atoms. The van der Waals surface area contributed by atoms with E-state index in [4.69, 9.17) is 4.74 Å². The number of hydrogen-bond acceptors (Lipinski definition) is 3. The maximum atomic E-state index is 10.5. The van der Waals surface area contributed by atoms with Crippen LogP contribution in [0.25, 0.3) is 0 Å². The fourth-order valence-corrected chi connectivity index (χ4v) is 2.43. The Morgan fingerprint density at radius 3 is 2.53 bits per heavy atom. The molecular weight excluding hydrogens is 218 g/mol. The van der Waals surface area contributed by atoms with Crippen molar-refractivity contribution in [2.24, 2.45) is 5.41 Å². The Bertz CT molecular complexity index is 407. The summed E-state index contributed by atoms with van der Waals surface area (Å²) in [7, 11) is 1.64. The first-order chi connectivity index (χ1) is 8.02. The summed E-state index contributed by atoms with van der Waals surface area (Å²) < 4.78 is 5.09. The summed E-state index contributed by atoms with van der Waals surface area (Å²) in [6.45, 7) is 1.97. The van der Waals surface area contributed by atoms with E-state index in [2.05, 4.69) is 6.42 Å². The predicted molar refractivity (Wildman–Crippen MR) is 64.6 cm³/mol. The minimum atomic E-state index is -0.242. The third-order valence-electron chi connectivity index (χ3n) is 3.32. The number of nitro groups is 1. The fraction of sp³-hybridized carbons (Fsp3) is 0.462. The number of benzene rings is 1. The molecule has 0 saturated heterocycles. The Hall–Kier alpha value is -1.58. The Morgan fingerprint density at radius 1 is 1.47 bits per heavy atom. The van der Waals surface area contributed by atoms with Gasteiger partial charge in [-0.15, -0.1) is 0 Å². The lowest BCUT2D eigenvalue weighted by atomic mass is 9.61. The summed E-state index contributed by atoms with van der Waals surface area (Å²) in [5.74, 6) is 1.17. The molecule has 0 amide bonds. The Labute approximate surface area is 101 Å². The average Bonchev–Trinajstić information content (AvgIpc) is 2.25. The van der Waals surface area contributed by atoms with Gasteiger partial charge in [0.1, 0.15) is 5.75 Å². The molecule has 1 aliphatic rings. The standard InChI is InChI=1S/C13H16NO3/c1-13(9-14(15)16)7-11(8-13)10-3-5-12(17-2)6-4-10/h3-7,11H,8-9H2,1-2H3. The van der Waals surface area contributed by atoms with Gasteiger partial charge in [-0.3, -0.25) is 10.1 Å². The van der Waals surface area contributed by atoms with Gasteiger partial charge in [0.25, 0.3) is 0 Å². The SMILES string of the molecule is COc1ccc(C2[CH]C(C)(C[N+](=O)[O-])C2)cc1. The van der Waals surface area contributed by atoms with E-state index in [1.807, 2.05) is 31.2 Å². The topological polar surface area (TPSA) is 52.4 Å². The molecule has 0 spiro atoms. The van der Waals surface area contributed by atoms with Gasteiger partial charge in [-0.1, -0.05) is 19.1 Å². The zero-order valence-corrected chi connectivity index (χ0v) is 10.1. The Morgan fingerprint density at radius 2 is 2.06 bits per heavy atom. The van der Waals surface area contributed by atoms with Crippen LogP contribution in [0.2, 0.25) is 0 Å². The zero-order valence-electron chi connectivity index (χ0n) is 10.1. The molecule has 0 aliphatic heterocycles. The highest BCUT2D eigenvalue weighted by Gasteiger charge is 2.44. The van der Waals surface area contributed by atoms with Gasteiger partial charge in [-0.2, -0.15) is 0 Å². The molecule has 1 saturated carbocycles. The highest BCUT2D eigenvalue weighted by atomic mass is 16.6. The van der Waals surface area contributed by atoms with E-state index < -0.39 is 0 Å². The molecule has 4 heteroatoms. The van der Waals surface area contributed by atoms with Gasteiger partial charge in [0.05, 0.1) is 7.11 Å². The Kier molecular flexibility index (Phi) is 3.05. The molecule has 4 nitrogen and oxygen atoms in total. The summed E-state index contributed by atoms with van der Waals surface area (Å²) in [5, 5.41) is 10.5. The predicted octanol–water partition coefficient (Wildman–Crippen LogP) is 2.67. The minimum Gasteiger partial charge on any atom is -0.497 e. The van der Waals surface area contributed by atoms with Crippen molar-refractivity contribution in [2.45, 2.75) is 19.3 Å². The second kappa shape index (κ2) is 4.35. The molecular formula is C13H16NO3. The van der Waals surface area contributed by atoms with Gasteiger partial charge in [-0.05, 0) is 36.5 Å². The number of hydrogen-bond donors (Lipinski definition) is 0. The van der Waals surface area contributed by atoms with Gasteiger partial charge in [0.15, 0.2) is 0 Å². The lowest BCUT2D eigenvalue weighted by Gasteiger charge is -2.42. The normalized spacial score (nSPS) is 27.3. The molecule has 2 rings (SSSR count). The first-order valence-electron chi connectivity index (χ1n) is 5.64. The minimum absolute atomic E-state index is 0.0274. The maximum Gasteiger partial charge on any atom is 0.209 e. The van der Waals surface area contributed by atoms with Crippen LogP contribution >= 0.6 is 0 Å². The molecule has 1 aromatic rings. The molecule has 1 aromatic carbocycles. The van der Waals surface area contributed by atoms with Gasteiger partial charge in [0.2, 0.25) is 6.54 Å². The van der Waals surface area contributed by atoms with Crippen LogP contribution in [0.3, 0.4) is 0 Å². The summed E-state index contributed by atoms with van der Waals surface area (Å²) in [6, 6.07) is 7.89. The summed E-state index contributed by atoms with van der Waals surface area (Å²) in [4.78, 5) is 10.3. The molecule has 0 heterocycles. The zero-order chi connectivity index (χ0) is 12.5. The van der Waals surface area contributed by atoms with E-state index in [0.717, 1.165) is 12.2 Å². The first kappa shape index (κ1) is 11.9. The van der Waals surface area contributed by atoms with Crippen LogP contribution in [0.15, 0.2) is 24.3 Å². The van der Waals surface area contributed by atoms with Gasteiger partial charge < -0.3 is 4.74 Å². The summed E-state index contributed by atoms with van der Waals surface area (Å²) in [6.07, 6.45) is 2.93. The molecule has 91 valence electrons. The van der Waals surface area contributed by atoms with Crippen molar-refractivity contribution in [2.75, 3.05) is 13.7 Å². The van der Waals surface area contributed by atoms with Crippen molar-refractivity contribution in [3.63, 3.8) is 0 Å². The number of methoxy groups -OCH3 is 1. The van der Waals surface area contributed by atoms with Crippen molar-refractivity contribution in [3.8, 4) is 5.75 Å². The van der Waals surface area contributed by atoms with E-state index >= 15 is 0 Å². The second-order valence-electron chi connectivity index (χ2n) is 4.90. The molecule has 0 aromatic heterocycles. The van der Waals surface area contributed by atoms with Crippen molar-refractivity contribution < 1.29 is 9.66 Å². The molecule has 0 N–H and O–H groups in total. The number of rotatable bonds is 4. The van der Waals surface area contributed by atoms with E-state index in [0.29, 0.717) is 5.92 Å². The molecule has 2 atom stereocenters. The average molecular weight is 234 g/mol. The van der Waals surface area contributed by atoms with Crippen molar-refractivity contribution in [1.29, 1.82) is 0 Å². The van der Waals surface area contributed by atoms with Crippen LogP contribution in [-0.2, 0) is 0 Å². The highest BCUT2D eigenvalue weighted by Crippen LogP contribution is 2.49. The lowest BCUT2D eigenvalue weighted by molar-refractivity contribution is -0.497. The third kappa shape index (κ3) is 2.57. The molecule has 2 unspecified atom stereocenters. The van der Waals surface area contributed by atoms with Crippen LogP contribution in [0.5, 0.6) is 5.75 Å². The van der Waals surface area contributed by atoms with Crippen LogP contribution in [0.1, 0.15) is 24.8 Å². The highest BCUT2D eigenvalue weighted by molar-refractivity contribution is 5.34. The third-order valence-corrected chi connectivity index (χ3v) is 3.32. The monoisotopic (exact) mass is 234 g/mol. The van der Waals surface area contributed by atoms with Crippen LogP contribution in [-0.4, -0.2) is 18.6 Å². The molecule has 1 aliphatic carbocycles. The summed E-state index contributed by atoms with van der Waals surface area (Å²) >= 11 is 0.